The van der Waals surface area contributed by atoms with Crippen molar-refractivity contribution in [2.75, 3.05) is 12.4 Å². The van der Waals surface area contributed by atoms with Gasteiger partial charge in [-0.2, -0.15) is 0 Å². The maximum Gasteiger partial charge on any atom is 0.241 e. The van der Waals surface area contributed by atoms with Crippen molar-refractivity contribution in [3.05, 3.63) is 22.2 Å². The van der Waals surface area contributed by atoms with Crippen molar-refractivity contribution in [1.29, 1.82) is 0 Å². The molecule has 0 unspecified atom stereocenters. The van der Waals surface area contributed by atoms with Crippen LogP contribution in [-0.4, -0.2) is 19.1 Å². The van der Waals surface area contributed by atoms with Crippen LogP contribution in [0.3, 0.4) is 0 Å². The average Bonchev–Trinajstić information content (AvgIpc) is 2.30. The molecule has 0 bridgehead atoms. The van der Waals surface area contributed by atoms with E-state index in [4.69, 9.17) is 10.5 Å². The molecule has 4 nitrogen and oxygen atoms in total. The van der Waals surface area contributed by atoms with E-state index in [0.29, 0.717) is 11.4 Å². The number of hydrogen-bond acceptors (Lipinski definition) is 3. The number of benzene rings is 1. The Morgan fingerprint density at radius 1 is 1.44 bits per heavy atom. The SMILES string of the molecule is COc1cc(Br)cc(C)c1NC(=O)[C@H](N)C(C)C. The van der Waals surface area contributed by atoms with E-state index in [1.807, 2.05) is 32.9 Å². The summed E-state index contributed by atoms with van der Waals surface area (Å²) in [4.78, 5) is 12.0. The molecule has 5 heteroatoms. The van der Waals surface area contributed by atoms with Gasteiger partial charge in [0.15, 0.2) is 0 Å². The van der Waals surface area contributed by atoms with E-state index >= 15 is 0 Å². The van der Waals surface area contributed by atoms with Gasteiger partial charge in [0.1, 0.15) is 5.75 Å². The Bertz CT molecular complexity index is 447. The molecule has 0 radical (unpaired) electrons. The number of nitrogens with one attached hydrogen (secondary N) is 1. The maximum atomic E-state index is 12.0. The van der Waals surface area contributed by atoms with Gasteiger partial charge >= 0.3 is 0 Å². The fourth-order valence-electron chi connectivity index (χ4n) is 1.54. The fraction of sp³-hybridized carbons (Fsp3) is 0.462. The highest BCUT2D eigenvalue weighted by Gasteiger charge is 2.19. The number of amides is 1. The van der Waals surface area contributed by atoms with Crippen molar-refractivity contribution < 1.29 is 9.53 Å². The summed E-state index contributed by atoms with van der Waals surface area (Å²) in [5.74, 6) is 0.506. The Labute approximate surface area is 116 Å². The standard InChI is InChI=1S/C13H19BrN2O2/c1-7(2)11(15)13(17)16-12-8(3)5-9(14)6-10(12)18-4/h5-7,11H,15H2,1-4H3,(H,16,17)/t11-/m1/s1. The van der Waals surface area contributed by atoms with Crippen molar-refractivity contribution >= 4 is 27.5 Å². The first-order valence-electron chi connectivity index (χ1n) is 5.77. The van der Waals surface area contributed by atoms with Crippen LogP contribution in [0.25, 0.3) is 0 Å². The zero-order chi connectivity index (χ0) is 13.9. The van der Waals surface area contributed by atoms with Crippen LogP contribution in [0.15, 0.2) is 16.6 Å². The molecule has 0 spiro atoms. The second-order valence-corrected chi connectivity index (χ2v) is 5.47. The molecule has 0 saturated carbocycles. The monoisotopic (exact) mass is 314 g/mol. The summed E-state index contributed by atoms with van der Waals surface area (Å²) in [5, 5.41) is 2.83. The first kappa shape index (κ1) is 15.0. The molecule has 3 N–H and O–H groups in total. The van der Waals surface area contributed by atoms with Crippen molar-refractivity contribution in [3.63, 3.8) is 0 Å². The van der Waals surface area contributed by atoms with Crippen molar-refractivity contribution in [1.82, 2.24) is 0 Å². The Morgan fingerprint density at radius 3 is 2.56 bits per heavy atom. The molecule has 100 valence electrons. The molecule has 1 rings (SSSR count). The molecule has 1 amide bonds. The molecule has 0 fully saturated rings. The van der Waals surface area contributed by atoms with Crippen molar-refractivity contribution in [2.45, 2.75) is 26.8 Å². The quantitative estimate of drug-likeness (QED) is 0.898. The predicted molar refractivity (Wildman–Crippen MR) is 76.9 cm³/mol. The minimum absolute atomic E-state index is 0.0896. The Hall–Kier alpha value is -1.07. The zero-order valence-electron chi connectivity index (χ0n) is 11.1. The third kappa shape index (κ3) is 3.46. The second kappa shape index (κ2) is 6.20. The molecule has 0 aliphatic carbocycles. The number of aryl methyl sites for hydroxylation is 1. The Kier molecular flexibility index (Phi) is 5.16. The molecule has 0 heterocycles. The second-order valence-electron chi connectivity index (χ2n) is 4.56. The number of halogens is 1. The van der Waals surface area contributed by atoms with Crippen LogP contribution in [0.2, 0.25) is 0 Å². The maximum absolute atomic E-state index is 12.0. The summed E-state index contributed by atoms with van der Waals surface area (Å²) in [6.45, 7) is 5.73. The summed E-state index contributed by atoms with van der Waals surface area (Å²) in [6.07, 6.45) is 0. The van der Waals surface area contributed by atoms with Gasteiger partial charge in [0, 0.05) is 4.47 Å². The lowest BCUT2D eigenvalue weighted by Gasteiger charge is -2.18. The lowest BCUT2D eigenvalue weighted by atomic mass is 10.0. The molecule has 1 aromatic rings. The van der Waals surface area contributed by atoms with Crippen molar-refractivity contribution in [2.24, 2.45) is 11.7 Å². The van der Waals surface area contributed by atoms with Gasteiger partial charge < -0.3 is 15.8 Å². The predicted octanol–water partition coefficient (Wildman–Crippen LogP) is 2.69. The van der Waals surface area contributed by atoms with Crippen molar-refractivity contribution in [3.8, 4) is 5.75 Å². The van der Waals surface area contributed by atoms with Gasteiger partial charge in [0.25, 0.3) is 0 Å². The van der Waals surface area contributed by atoms with Gasteiger partial charge in [-0.05, 0) is 30.5 Å². The molecular weight excluding hydrogens is 296 g/mol. The average molecular weight is 315 g/mol. The third-order valence-corrected chi connectivity index (χ3v) is 3.21. The van der Waals surface area contributed by atoms with Gasteiger partial charge in [0.2, 0.25) is 5.91 Å². The lowest BCUT2D eigenvalue weighted by molar-refractivity contribution is -0.118. The number of methoxy groups -OCH3 is 1. The molecule has 0 aromatic heterocycles. The molecule has 0 aliphatic heterocycles. The summed E-state index contributed by atoms with van der Waals surface area (Å²) < 4.78 is 6.17. The van der Waals surface area contributed by atoms with Crippen LogP contribution >= 0.6 is 15.9 Å². The van der Waals surface area contributed by atoms with Gasteiger partial charge in [-0.25, -0.2) is 0 Å². The molecule has 0 saturated heterocycles. The van der Waals surface area contributed by atoms with E-state index in [-0.39, 0.29) is 11.8 Å². The molecular formula is C13H19BrN2O2. The number of rotatable bonds is 4. The van der Waals surface area contributed by atoms with Crippen LogP contribution in [0, 0.1) is 12.8 Å². The van der Waals surface area contributed by atoms with Crippen LogP contribution in [0.4, 0.5) is 5.69 Å². The summed E-state index contributed by atoms with van der Waals surface area (Å²) in [5.41, 5.74) is 7.41. The molecule has 1 atom stereocenters. The Balaban J connectivity index is 3.00. The molecule has 18 heavy (non-hydrogen) atoms. The summed E-state index contributed by atoms with van der Waals surface area (Å²) in [7, 11) is 1.57. The van der Waals surface area contributed by atoms with Gasteiger partial charge in [-0.3, -0.25) is 4.79 Å². The topological polar surface area (TPSA) is 64.3 Å². The van der Waals surface area contributed by atoms with Crippen LogP contribution in [-0.2, 0) is 4.79 Å². The van der Waals surface area contributed by atoms with E-state index in [1.165, 1.54) is 0 Å². The van der Waals surface area contributed by atoms with Crippen LogP contribution in [0.5, 0.6) is 5.75 Å². The first-order valence-corrected chi connectivity index (χ1v) is 6.56. The highest BCUT2D eigenvalue weighted by molar-refractivity contribution is 9.10. The number of ether oxygens (including phenoxy) is 1. The first-order chi connectivity index (χ1) is 8.36. The van der Waals surface area contributed by atoms with E-state index < -0.39 is 6.04 Å². The van der Waals surface area contributed by atoms with Gasteiger partial charge in [-0.1, -0.05) is 29.8 Å². The van der Waals surface area contributed by atoms with E-state index in [1.54, 1.807) is 7.11 Å². The highest BCUT2D eigenvalue weighted by atomic mass is 79.9. The summed E-state index contributed by atoms with van der Waals surface area (Å²) in [6, 6.07) is 3.19. The number of nitrogens with two attached hydrogens (primary N) is 1. The fourth-order valence-corrected chi connectivity index (χ4v) is 2.09. The van der Waals surface area contributed by atoms with Crippen LogP contribution < -0.4 is 15.8 Å². The normalized spacial score (nSPS) is 12.4. The van der Waals surface area contributed by atoms with Crippen LogP contribution in [0.1, 0.15) is 19.4 Å². The Morgan fingerprint density at radius 2 is 2.06 bits per heavy atom. The molecule has 0 aliphatic rings. The largest absolute Gasteiger partial charge is 0.495 e. The van der Waals surface area contributed by atoms with E-state index in [0.717, 1.165) is 10.0 Å². The number of carbonyl (C=O) groups is 1. The zero-order valence-corrected chi connectivity index (χ0v) is 12.7. The highest BCUT2D eigenvalue weighted by Crippen LogP contribution is 2.32. The third-order valence-electron chi connectivity index (χ3n) is 2.75. The smallest absolute Gasteiger partial charge is 0.241 e. The number of hydrogen-bond donors (Lipinski definition) is 2. The van der Waals surface area contributed by atoms with E-state index in [2.05, 4.69) is 21.2 Å². The lowest BCUT2D eigenvalue weighted by Crippen LogP contribution is -2.39. The number of anilines is 1. The number of carbonyl (C=O) groups excluding carboxylic acids is 1. The van der Waals surface area contributed by atoms with Gasteiger partial charge in [0.05, 0.1) is 18.8 Å². The summed E-state index contributed by atoms with van der Waals surface area (Å²) >= 11 is 3.39. The van der Waals surface area contributed by atoms with E-state index in [9.17, 15) is 4.79 Å². The minimum Gasteiger partial charge on any atom is -0.495 e. The molecule has 1 aromatic carbocycles. The minimum atomic E-state index is -0.530. The van der Waals surface area contributed by atoms with Gasteiger partial charge in [-0.15, -0.1) is 0 Å².